The first-order valence-electron chi connectivity index (χ1n) is 8.19. The Kier molecular flexibility index (Phi) is 4.56. The molecular weight excluding hydrogens is 290 g/mol. The van der Waals surface area contributed by atoms with Crippen LogP contribution in [0.25, 0.3) is 0 Å². The van der Waals surface area contributed by atoms with Gasteiger partial charge >= 0.3 is 5.97 Å². The smallest absolute Gasteiger partial charge is 0.303 e. The van der Waals surface area contributed by atoms with E-state index >= 15 is 0 Å². The molecule has 1 aromatic carbocycles. The zero-order valence-corrected chi connectivity index (χ0v) is 14.7. The monoisotopic (exact) mass is 317 g/mol. The van der Waals surface area contributed by atoms with E-state index in [1.807, 2.05) is 30.3 Å². The molecule has 4 nitrogen and oxygen atoms in total. The fourth-order valence-corrected chi connectivity index (χ4v) is 4.13. The summed E-state index contributed by atoms with van der Waals surface area (Å²) in [6.07, 6.45) is -0.103. The average molecular weight is 317 g/mol. The third kappa shape index (κ3) is 3.12. The van der Waals surface area contributed by atoms with Gasteiger partial charge in [-0.2, -0.15) is 0 Å². The predicted octanol–water partition coefficient (Wildman–Crippen LogP) is 3.96. The van der Waals surface area contributed by atoms with Gasteiger partial charge in [0.05, 0.1) is 6.42 Å². The van der Waals surface area contributed by atoms with E-state index in [-0.39, 0.29) is 35.6 Å². The predicted molar refractivity (Wildman–Crippen MR) is 91.3 cm³/mol. The largest absolute Gasteiger partial charge is 0.481 e. The Balaban J connectivity index is 2.28. The number of amides is 1. The Labute approximate surface area is 138 Å². The number of rotatable bonds is 6. The van der Waals surface area contributed by atoms with Crippen LogP contribution in [0.2, 0.25) is 0 Å². The van der Waals surface area contributed by atoms with Gasteiger partial charge in [0.1, 0.15) is 0 Å². The van der Waals surface area contributed by atoms with Crippen molar-refractivity contribution in [3.63, 3.8) is 0 Å². The molecule has 2 rings (SSSR count). The summed E-state index contributed by atoms with van der Waals surface area (Å²) in [5, 5.41) is 8.87. The Morgan fingerprint density at radius 3 is 2.04 bits per heavy atom. The third-order valence-electron chi connectivity index (χ3n) is 5.88. The number of aliphatic carboxylic acids is 1. The van der Waals surface area contributed by atoms with E-state index in [9.17, 15) is 9.59 Å². The minimum atomic E-state index is -0.939. The molecule has 0 heterocycles. The van der Waals surface area contributed by atoms with Gasteiger partial charge in [-0.1, -0.05) is 45.9 Å². The van der Waals surface area contributed by atoms with Crippen LogP contribution in [0, 0.1) is 16.7 Å². The van der Waals surface area contributed by atoms with Crippen molar-refractivity contribution in [3.05, 3.63) is 30.3 Å². The van der Waals surface area contributed by atoms with E-state index in [4.69, 9.17) is 5.11 Å². The molecule has 1 aliphatic rings. The van der Waals surface area contributed by atoms with Crippen molar-refractivity contribution in [1.29, 1.82) is 0 Å². The Hall–Kier alpha value is -1.84. The van der Waals surface area contributed by atoms with E-state index in [0.717, 1.165) is 5.69 Å². The topological polar surface area (TPSA) is 57.6 Å². The van der Waals surface area contributed by atoms with Crippen LogP contribution >= 0.6 is 0 Å². The molecule has 1 fully saturated rings. The van der Waals surface area contributed by atoms with Gasteiger partial charge in [0.25, 0.3) is 0 Å². The molecule has 1 aromatic rings. The molecule has 0 bridgehead atoms. The number of para-hydroxylation sites is 1. The van der Waals surface area contributed by atoms with Gasteiger partial charge in [0.2, 0.25) is 5.91 Å². The van der Waals surface area contributed by atoms with Crippen molar-refractivity contribution in [1.82, 2.24) is 0 Å². The molecule has 0 spiro atoms. The first-order valence-corrected chi connectivity index (χ1v) is 8.19. The van der Waals surface area contributed by atoms with Crippen molar-refractivity contribution in [3.8, 4) is 0 Å². The summed E-state index contributed by atoms with van der Waals surface area (Å²) in [4.78, 5) is 25.3. The number of anilines is 1. The van der Waals surface area contributed by atoms with Gasteiger partial charge in [-0.3, -0.25) is 9.59 Å². The van der Waals surface area contributed by atoms with E-state index in [2.05, 4.69) is 34.6 Å². The normalized spacial score (nSPS) is 19.9. The summed E-state index contributed by atoms with van der Waals surface area (Å²) in [5.41, 5.74) is 1.16. The maximum atomic E-state index is 12.7. The summed E-state index contributed by atoms with van der Waals surface area (Å²) < 4.78 is 0. The number of carbonyl (C=O) groups excluding carboxylic acids is 1. The number of carboxylic acids is 1. The Bertz CT molecular complexity index is 578. The van der Waals surface area contributed by atoms with E-state index < -0.39 is 5.97 Å². The molecule has 1 saturated carbocycles. The number of carboxylic acid groups (broad SMARTS) is 1. The molecule has 1 N–H and O–H groups in total. The standard InChI is InChI=1S/C19H27NO3/c1-13(17-18(2,3)19(17,4)5)20(14-9-7-6-8-10-14)15(21)11-12-16(22)23/h6-10,13,17H,11-12H2,1-5H3,(H,22,23)/t13-/m0/s1. The summed E-state index contributed by atoms with van der Waals surface area (Å²) in [5.74, 6) is -0.681. The summed E-state index contributed by atoms with van der Waals surface area (Å²) in [7, 11) is 0. The summed E-state index contributed by atoms with van der Waals surface area (Å²) >= 11 is 0. The van der Waals surface area contributed by atoms with Crippen molar-refractivity contribution in [2.45, 2.75) is 53.5 Å². The quantitative estimate of drug-likeness (QED) is 0.864. The lowest BCUT2D eigenvalue weighted by atomic mass is 10.0. The molecule has 23 heavy (non-hydrogen) atoms. The number of hydrogen-bond acceptors (Lipinski definition) is 2. The fraction of sp³-hybridized carbons (Fsp3) is 0.579. The molecule has 126 valence electrons. The van der Waals surface area contributed by atoms with Crippen LogP contribution in [0.3, 0.4) is 0 Å². The van der Waals surface area contributed by atoms with Crippen molar-refractivity contribution < 1.29 is 14.7 Å². The second-order valence-electron chi connectivity index (χ2n) is 7.65. The van der Waals surface area contributed by atoms with Crippen molar-refractivity contribution >= 4 is 17.6 Å². The van der Waals surface area contributed by atoms with Gasteiger partial charge in [-0.15, -0.1) is 0 Å². The second-order valence-corrected chi connectivity index (χ2v) is 7.65. The molecule has 1 aliphatic carbocycles. The number of hydrogen-bond donors (Lipinski definition) is 1. The van der Waals surface area contributed by atoms with Crippen LogP contribution in [0.5, 0.6) is 0 Å². The molecular formula is C19H27NO3. The molecule has 1 atom stereocenters. The molecule has 0 radical (unpaired) electrons. The number of benzene rings is 1. The van der Waals surface area contributed by atoms with Gasteiger partial charge in [-0.25, -0.2) is 0 Å². The summed E-state index contributed by atoms with van der Waals surface area (Å²) in [6.45, 7) is 11.0. The molecule has 4 heteroatoms. The van der Waals surface area contributed by atoms with E-state index in [0.29, 0.717) is 5.92 Å². The molecule has 0 unspecified atom stereocenters. The van der Waals surface area contributed by atoms with Crippen LogP contribution in [-0.2, 0) is 9.59 Å². The molecule has 0 aliphatic heterocycles. The second kappa shape index (κ2) is 5.99. The maximum Gasteiger partial charge on any atom is 0.303 e. The minimum absolute atomic E-state index is 0.0299. The fourth-order valence-electron chi connectivity index (χ4n) is 4.13. The Morgan fingerprint density at radius 1 is 1.09 bits per heavy atom. The lowest BCUT2D eigenvalue weighted by molar-refractivity contribution is -0.138. The van der Waals surface area contributed by atoms with E-state index in [1.165, 1.54) is 0 Å². The van der Waals surface area contributed by atoms with Crippen molar-refractivity contribution in [2.24, 2.45) is 16.7 Å². The first-order chi connectivity index (χ1) is 10.6. The van der Waals surface area contributed by atoms with Gasteiger partial charge in [-0.05, 0) is 35.8 Å². The third-order valence-corrected chi connectivity index (χ3v) is 5.88. The van der Waals surface area contributed by atoms with Crippen LogP contribution < -0.4 is 4.90 Å². The first kappa shape index (κ1) is 17.5. The highest BCUT2D eigenvalue weighted by atomic mass is 16.4. The lowest BCUT2D eigenvalue weighted by Gasteiger charge is -2.31. The maximum absolute atomic E-state index is 12.7. The summed E-state index contributed by atoms with van der Waals surface area (Å²) in [6, 6.07) is 9.59. The molecule has 0 aromatic heterocycles. The number of carbonyl (C=O) groups is 2. The van der Waals surface area contributed by atoms with Gasteiger partial charge in [0.15, 0.2) is 0 Å². The van der Waals surface area contributed by atoms with E-state index in [1.54, 1.807) is 4.90 Å². The highest BCUT2D eigenvalue weighted by Gasteiger charge is 2.67. The molecule has 1 amide bonds. The zero-order valence-electron chi connectivity index (χ0n) is 14.7. The van der Waals surface area contributed by atoms with Gasteiger partial charge < -0.3 is 10.0 Å². The highest BCUT2D eigenvalue weighted by molar-refractivity contribution is 5.95. The van der Waals surface area contributed by atoms with Crippen LogP contribution in [0.4, 0.5) is 5.69 Å². The van der Waals surface area contributed by atoms with Crippen LogP contribution in [0.15, 0.2) is 30.3 Å². The minimum Gasteiger partial charge on any atom is -0.481 e. The molecule has 0 saturated heterocycles. The average Bonchev–Trinajstić information content (AvgIpc) is 2.87. The van der Waals surface area contributed by atoms with Crippen LogP contribution in [-0.4, -0.2) is 23.0 Å². The highest BCUT2D eigenvalue weighted by Crippen LogP contribution is 2.70. The lowest BCUT2D eigenvalue weighted by Crippen LogP contribution is -2.41. The SMILES string of the molecule is C[C@@H](C1C(C)(C)C1(C)C)N(C(=O)CCC(=O)O)c1ccccc1. The Morgan fingerprint density at radius 2 is 1.61 bits per heavy atom. The van der Waals surface area contributed by atoms with Crippen LogP contribution in [0.1, 0.15) is 47.5 Å². The van der Waals surface area contributed by atoms with Gasteiger partial charge in [0, 0.05) is 18.2 Å². The number of nitrogens with zero attached hydrogens (tertiary/aromatic N) is 1. The zero-order chi connectivity index (χ0) is 17.4. The van der Waals surface area contributed by atoms with Crippen molar-refractivity contribution in [2.75, 3.05) is 4.90 Å².